The summed E-state index contributed by atoms with van der Waals surface area (Å²) in [5.74, 6) is -0.341. The zero-order valence-corrected chi connectivity index (χ0v) is 88.3. The highest BCUT2D eigenvalue weighted by atomic mass is 16.6. The van der Waals surface area contributed by atoms with Crippen LogP contribution in [0.5, 0.6) is 0 Å². The van der Waals surface area contributed by atoms with Crippen molar-refractivity contribution < 1.29 is 121 Å². The van der Waals surface area contributed by atoms with E-state index in [-0.39, 0.29) is 154 Å². The lowest BCUT2D eigenvalue weighted by Crippen LogP contribution is -2.67. The average molecular weight is 1900 g/mol. The number of hydrogen-bond acceptors (Lipinski definition) is 23. The van der Waals surface area contributed by atoms with Crippen LogP contribution in [0.3, 0.4) is 0 Å². The summed E-state index contributed by atoms with van der Waals surface area (Å²) in [5, 5.41) is 48.5. The van der Waals surface area contributed by atoms with Gasteiger partial charge in [0.1, 0.15) is 46.8 Å². The Labute approximate surface area is 807 Å². The molecule has 774 valence electrons. The molecule has 14 unspecified atom stereocenters. The lowest BCUT2D eigenvalue weighted by Gasteiger charge is -2.62. The Morgan fingerprint density at radius 3 is 1.19 bits per heavy atom. The smallest absolute Gasteiger partial charge is 0.344 e. The van der Waals surface area contributed by atoms with Gasteiger partial charge in [-0.15, -0.1) is 0 Å². The summed E-state index contributed by atoms with van der Waals surface area (Å²) in [6, 6.07) is 0. The van der Waals surface area contributed by atoms with Gasteiger partial charge >= 0.3 is 65.7 Å². The molecule has 0 radical (unpaired) electrons. The lowest BCUT2D eigenvalue weighted by molar-refractivity contribution is -0.264. The molecule has 0 aromatic carbocycles. The molecule has 0 aromatic heterocycles. The molecule has 10 bridgehead atoms. The van der Waals surface area contributed by atoms with E-state index in [1.54, 1.807) is 27.7 Å². The minimum Gasteiger partial charge on any atom is -0.481 e. The van der Waals surface area contributed by atoms with E-state index in [4.69, 9.17) is 52.8 Å². The number of fused-ring (bicyclic) bond motifs is 1. The Balaban J connectivity index is 0.000000271. The van der Waals surface area contributed by atoms with Crippen molar-refractivity contribution in [3.05, 3.63) is 0 Å². The third-order valence-corrected chi connectivity index (χ3v) is 33.0. The standard InChI is InChI=1S/C16H26O4.C15H20O6.C15H24O3.C15H28O2.C14H26O2.C12H22O2.C11H20O2.C6H12O2.C5H10O2/c1-4-13(2,3)12(17)20-16-7-11-5-14(18,9-16)8-15(19,6-11)10-16;1-3-7(2)14(17)19-6-11(16)20-12-8-4-9-10(5-8)15(18)21-13(9)12;1-3-10(2)13(16)18-15-7-11-4-12(8-15)6-14(17,5-11)9-15;1-6-14(2,3)13(16)17-15(4,5)12-10-8-7-9-11-12;1-5-11(2)13(15)16-14(3,4)12-9-7-6-8-10-12;1-4-12(2,3)11(13)14-10-8-6-5-7-9-10;1-3-9(2)11(12)13-10-7-5-4-6-8-10;1-4-6(2,3)5(7)8;1-3-4(2)5(6)7/h11,18-19H,4-10H2,1-3H3;7-10,12-13H,3-6H2,1-2H3;10-12,17H,3-9H2,1-2H3;12H,6-11H2,1-5H3;11-12H,5-10H2,1-4H3;10H,4-9H2,1-3H3;9-10H,3-8H2,1-2H3;4H2,1-3H3,(H,7,8);4H,3H2,1-2H3,(H,6,7). The van der Waals surface area contributed by atoms with E-state index in [1.807, 2.05) is 125 Å². The first-order valence-electron chi connectivity index (χ1n) is 52.8. The van der Waals surface area contributed by atoms with Crippen LogP contribution in [-0.4, -0.2) is 161 Å². The van der Waals surface area contributed by atoms with E-state index < -0.39 is 57.1 Å². The molecule has 25 nitrogen and oxygen atoms in total. The van der Waals surface area contributed by atoms with Crippen LogP contribution in [0.1, 0.15) is 456 Å². The molecule has 14 atom stereocenters. The molecule has 1 heterocycles. The molecule has 134 heavy (non-hydrogen) atoms. The molecule has 1 aliphatic heterocycles. The van der Waals surface area contributed by atoms with Gasteiger partial charge in [0.15, 0.2) is 6.61 Å². The molecular weight excluding hydrogens is 1710 g/mol. The predicted molar refractivity (Wildman–Crippen MR) is 517 cm³/mol. The van der Waals surface area contributed by atoms with Crippen molar-refractivity contribution in [2.24, 2.45) is 98.6 Å². The lowest BCUT2D eigenvalue weighted by atomic mass is 9.50. The second-order valence-corrected chi connectivity index (χ2v) is 47.0. The zero-order valence-electron chi connectivity index (χ0n) is 88.3. The Morgan fingerprint density at radius 1 is 0.388 bits per heavy atom. The van der Waals surface area contributed by atoms with Gasteiger partial charge in [0.25, 0.3) is 0 Å². The van der Waals surface area contributed by atoms with Crippen LogP contribution in [-0.2, 0) is 95.4 Å². The van der Waals surface area contributed by atoms with Crippen molar-refractivity contribution >= 4 is 65.7 Å². The molecule has 5 N–H and O–H groups in total. The number of hydrogen-bond donors (Lipinski definition) is 5. The summed E-state index contributed by atoms with van der Waals surface area (Å²) >= 11 is 0. The number of esters is 9. The molecule has 14 aliphatic carbocycles. The largest absolute Gasteiger partial charge is 0.481 e. The molecule has 14 saturated carbocycles. The maximum atomic E-state index is 12.4. The van der Waals surface area contributed by atoms with Crippen LogP contribution in [0, 0.1) is 98.6 Å². The maximum Gasteiger partial charge on any atom is 0.344 e. The fourth-order valence-electron chi connectivity index (χ4n) is 21.7. The minimum absolute atomic E-state index is 0.00168. The fourth-order valence-corrected chi connectivity index (χ4v) is 21.7. The van der Waals surface area contributed by atoms with Crippen molar-refractivity contribution in [2.45, 2.75) is 520 Å². The van der Waals surface area contributed by atoms with Gasteiger partial charge in [0.05, 0.1) is 74.0 Å². The monoisotopic (exact) mass is 1900 g/mol. The second kappa shape index (κ2) is 52.0. The molecule has 25 heteroatoms. The van der Waals surface area contributed by atoms with Gasteiger partial charge in [-0.25, -0.2) is 4.79 Å². The van der Waals surface area contributed by atoms with E-state index in [0.29, 0.717) is 62.2 Å². The van der Waals surface area contributed by atoms with E-state index in [1.165, 1.54) is 109 Å². The van der Waals surface area contributed by atoms with Crippen molar-refractivity contribution in [1.82, 2.24) is 0 Å². The number of rotatable bonds is 29. The second-order valence-electron chi connectivity index (χ2n) is 47.0. The number of carboxylic acid groups (broad SMARTS) is 2. The number of carbonyl (C=O) groups is 11. The van der Waals surface area contributed by atoms with E-state index in [9.17, 15) is 68.1 Å². The van der Waals surface area contributed by atoms with Gasteiger partial charge in [0, 0.05) is 37.5 Å². The Hall–Kier alpha value is -5.95. The van der Waals surface area contributed by atoms with E-state index in [0.717, 1.165) is 128 Å². The number of ether oxygens (including phenoxy) is 9. The Kier molecular flexibility index (Phi) is 46.0. The van der Waals surface area contributed by atoms with Gasteiger partial charge in [-0.3, -0.25) is 47.9 Å². The Morgan fingerprint density at radius 2 is 0.776 bits per heavy atom. The minimum atomic E-state index is -0.842. The summed E-state index contributed by atoms with van der Waals surface area (Å²) in [4.78, 5) is 127. The molecule has 15 fully saturated rings. The summed E-state index contributed by atoms with van der Waals surface area (Å²) in [6.45, 7) is 49.9. The Bertz CT molecular complexity index is 3680. The summed E-state index contributed by atoms with van der Waals surface area (Å²) in [6.07, 6.45) is 42.2. The van der Waals surface area contributed by atoms with Crippen LogP contribution in [0.15, 0.2) is 0 Å². The molecule has 0 spiro atoms. The number of carbonyl (C=O) groups excluding carboxylic acids is 9. The van der Waals surface area contributed by atoms with Crippen LogP contribution in [0.4, 0.5) is 0 Å². The quantitative estimate of drug-likeness (QED) is 0.0343. The van der Waals surface area contributed by atoms with E-state index >= 15 is 0 Å². The molecule has 1 saturated heterocycles. The molecule has 15 aliphatic rings. The number of carboxylic acids is 2. The average Bonchev–Trinajstić information content (AvgIpc) is 1.07. The van der Waals surface area contributed by atoms with Gasteiger partial charge in [-0.1, -0.05) is 148 Å². The van der Waals surface area contributed by atoms with Crippen molar-refractivity contribution in [1.29, 1.82) is 0 Å². The van der Waals surface area contributed by atoms with Gasteiger partial charge in [0.2, 0.25) is 0 Å². The van der Waals surface area contributed by atoms with Crippen LogP contribution in [0.25, 0.3) is 0 Å². The molecule has 0 amide bonds. The van der Waals surface area contributed by atoms with Gasteiger partial charge in [-0.05, 0) is 312 Å². The zero-order chi connectivity index (χ0) is 101. The highest BCUT2D eigenvalue weighted by molar-refractivity contribution is 5.80. The third kappa shape index (κ3) is 35.4. The van der Waals surface area contributed by atoms with Crippen LogP contribution in [0.2, 0.25) is 0 Å². The predicted octanol–water partition coefficient (Wildman–Crippen LogP) is 23.0. The topological polar surface area (TPSA) is 372 Å². The fraction of sp³-hybridized carbons (Fsp3) is 0.899. The third-order valence-electron chi connectivity index (χ3n) is 33.0. The molecule has 0 aromatic rings. The maximum absolute atomic E-state index is 12.4. The summed E-state index contributed by atoms with van der Waals surface area (Å²) in [5.41, 5.74) is -5.50. The van der Waals surface area contributed by atoms with Crippen molar-refractivity contribution in [3.8, 4) is 0 Å². The summed E-state index contributed by atoms with van der Waals surface area (Å²) in [7, 11) is 0. The van der Waals surface area contributed by atoms with Gasteiger partial charge in [-0.2, -0.15) is 0 Å². The van der Waals surface area contributed by atoms with Crippen LogP contribution < -0.4 is 0 Å². The first kappa shape index (κ1) is 119. The SMILES string of the molecule is CCC(C)(C)C(=O)O.CCC(C)(C)C(=O)OC(C)(C)C1CCCCC1.CCC(C)(C)C(=O)OC12CC3CC(O)(CC(O)(C3)C1)C2.CCC(C)(C)C(=O)OC1CCCCC1.CCC(C)C(=O)O.CCC(C)C(=O)OC(C)(C)C1CCCCC1.CCC(C)C(=O)OC12CC3CC(CC(O)(C3)C1)C2.CCC(C)C(=O)OC1CCCCC1.CCC(C)C(=O)OCC(=O)OC1C2CC3C(=O)OC1C3C2. The first-order chi connectivity index (χ1) is 62.3. The summed E-state index contributed by atoms with van der Waals surface area (Å²) < 4.78 is 49.8. The number of aliphatic hydroxyl groups is 3. The highest BCUT2D eigenvalue weighted by Crippen LogP contribution is 2.62. The van der Waals surface area contributed by atoms with Gasteiger partial charge < -0.3 is 68.2 Å². The van der Waals surface area contributed by atoms with Crippen LogP contribution >= 0.6 is 0 Å². The highest BCUT2D eigenvalue weighted by Gasteiger charge is 2.66. The molecule has 15 rings (SSSR count). The number of aliphatic carboxylic acids is 2. The normalized spacial score (nSPS) is 29.4. The van der Waals surface area contributed by atoms with Crippen molar-refractivity contribution in [2.75, 3.05) is 6.61 Å². The first-order valence-corrected chi connectivity index (χ1v) is 52.8. The van der Waals surface area contributed by atoms with E-state index in [2.05, 4.69) is 27.7 Å². The van der Waals surface area contributed by atoms with Crippen molar-refractivity contribution in [3.63, 3.8) is 0 Å². The molecular formula is C109H188O25.